The van der Waals surface area contributed by atoms with E-state index in [1.165, 1.54) is 30.3 Å². The quantitative estimate of drug-likeness (QED) is 0.368. The van der Waals surface area contributed by atoms with Crippen LogP contribution in [0.4, 0.5) is 5.69 Å². The van der Waals surface area contributed by atoms with Crippen molar-refractivity contribution in [1.29, 1.82) is 0 Å². The van der Waals surface area contributed by atoms with Crippen molar-refractivity contribution in [2.24, 2.45) is 0 Å². The highest BCUT2D eigenvalue weighted by Gasteiger charge is 2.29. The normalized spacial score (nSPS) is 13.0. The summed E-state index contributed by atoms with van der Waals surface area (Å²) in [6.45, 7) is 0. The van der Waals surface area contributed by atoms with Crippen molar-refractivity contribution < 1.29 is 19.2 Å². The Hall–Kier alpha value is -2.73. The van der Waals surface area contributed by atoms with E-state index in [-0.39, 0.29) is 21.8 Å². The molecule has 0 spiro atoms. The van der Waals surface area contributed by atoms with Gasteiger partial charge in [-0.25, -0.2) is 9.59 Å². The number of halogens is 1. The molecule has 6 nitrogen and oxygen atoms in total. The fraction of sp³-hybridized carbons (Fsp3) is 0. The Bertz CT molecular complexity index is 815. The number of non-ortho nitro benzene ring substituents is 1. The highest BCUT2D eigenvalue weighted by atomic mass is 35.5. The average molecular weight is 304 g/mol. The van der Waals surface area contributed by atoms with Crippen LogP contribution in [-0.2, 0) is 4.74 Å². The minimum atomic E-state index is -0.713. The number of nitro benzene ring substituents is 1. The van der Waals surface area contributed by atoms with Crippen LogP contribution in [0.1, 0.15) is 20.7 Å². The third-order valence-electron chi connectivity index (χ3n) is 3.12. The molecular weight excluding hydrogens is 298 g/mol. The number of hydrogen-bond donors (Lipinski definition) is 0. The molecule has 1 heterocycles. The fourth-order valence-corrected chi connectivity index (χ4v) is 2.39. The minimum Gasteiger partial charge on any atom is -0.386 e. The lowest BCUT2D eigenvalue weighted by atomic mass is 10.00. The lowest BCUT2D eigenvalue weighted by Gasteiger charge is -2.05. The predicted molar refractivity (Wildman–Crippen MR) is 73.3 cm³/mol. The molecule has 2 aromatic carbocycles. The first-order valence-electron chi connectivity index (χ1n) is 5.82. The molecule has 104 valence electrons. The summed E-state index contributed by atoms with van der Waals surface area (Å²) in [5, 5.41) is 10.9. The summed E-state index contributed by atoms with van der Waals surface area (Å²) >= 11 is 6.04. The molecule has 0 fully saturated rings. The van der Waals surface area contributed by atoms with Gasteiger partial charge in [0.05, 0.1) is 21.1 Å². The van der Waals surface area contributed by atoms with E-state index in [9.17, 15) is 19.7 Å². The van der Waals surface area contributed by atoms with Gasteiger partial charge in [0.25, 0.3) is 5.69 Å². The van der Waals surface area contributed by atoms with Crippen molar-refractivity contribution in [1.82, 2.24) is 0 Å². The number of rotatable bonds is 2. The molecule has 0 radical (unpaired) electrons. The van der Waals surface area contributed by atoms with E-state index in [0.29, 0.717) is 11.1 Å². The topological polar surface area (TPSA) is 86.5 Å². The average Bonchev–Trinajstić information content (AvgIpc) is 2.73. The molecule has 3 rings (SSSR count). The molecule has 0 bridgehead atoms. The monoisotopic (exact) mass is 303 g/mol. The van der Waals surface area contributed by atoms with Crippen molar-refractivity contribution in [3.05, 3.63) is 62.7 Å². The van der Waals surface area contributed by atoms with E-state index in [4.69, 9.17) is 11.6 Å². The Labute approximate surface area is 123 Å². The van der Waals surface area contributed by atoms with Gasteiger partial charge in [0.15, 0.2) is 0 Å². The Kier molecular flexibility index (Phi) is 2.95. The molecule has 0 aliphatic carbocycles. The number of nitro groups is 1. The lowest BCUT2D eigenvalue weighted by molar-refractivity contribution is -0.384. The van der Waals surface area contributed by atoms with Gasteiger partial charge in [0.2, 0.25) is 0 Å². The van der Waals surface area contributed by atoms with Crippen LogP contribution in [0.15, 0.2) is 36.4 Å². The zero-order chi connectivity index (χ0) is 15.1. The summed E-state index contributed by atoms with van der Waals surface area (Å²) in [5.41, 5.74) is 1.32. The summed E-state index contributed by atoms with van der Waals surface area (Å²) < 4.78 is 4.50. The fourth-order valence-electron chi connectivity index (χ4n) is 2.10. The van der Waals surface area contributed by atoms with Crippen molar-refractivity contribution in [2.75, 3.05) is 0 Å². The molecule has 1 aliphatic rings. The molecule has 0 N–H and O–H groups in total. The van der Waals surface area contributed by atoms with Crippen molar-refractivity contribution in [2.45, 2.75) is 0 Å². The molecule has 0 saturated heterocycles. The van der Waals surface area contributed by atoms with E-state index in [2.05, 4.69) is 4.74 Å². The number of fused-ring (bicyclic) bond motifs is 1. The standard InChI is InChI=1S/C14H6ClNO5/c15-12-6-8(16(19)20)2-4-9(12)7-1-3-10-11(5-7)14(18)21-13(10)17/h1-6H. The van der Waals surface area contributed by atoms with Gasteiger partial charge in [-0.2, -0.15) is 0 Å². The number of cyclic esters (lactones) is 2. The summed E-state index contributed by atoms with van der Waals surface area (Å²) in [5.74, 6) is -1.40. The minimum absolute atomic E-state index is 0.125. The molecule has 0 saturated carbocycles. The third-order valence-corrected chi connectivity index (χ3v) is 3.43. The first-order chi connectivity index (χ1) is 9.97. The van der Waals surface area contributed by atoms with Crippen molar-refractivity contribution in [3.8, 4) is 11.1 Å². The second-order valence-corrected chi connectivity index (χ2v) is 4.77. The van der Waals surface area contributed by atoms with E-state index < -0.39 is 16.9 Å². The van der Waals surface area contributed by atoms with Gasteiger partial charge < -0.3 is 4.74 Å². The second-order valence-electron chi connectivity index (χ2n) is 4.36. The third kappa shape index (κ3) is 2.15. The molecule has 7 heteroatoms. The van der Waals surface area contributed by atoms with E-state index in [1.54, 1.807) is 6.07 Å². The first kappa shape index (κ1) is 13.3. The zero-order valence-electron chi connectivity index (χ0n) is 10.3. The van der Waals surface area contributed by atoms with Crippen LogP contribution >= 0.6 is 11.6 Å². The van der Waals surface area contributed by atoms with Crippen LogP contribution in [0.3, 0.4) is 0 Å². The maximum atomic E-state index is 11.5. The molecule has 21 heavy (non-hydrogen) atoms. The number of esters is 2. The summed E-state index contributed by atoms with van der Waals surface area (Å²) in [6, 6.07) is 8.59. The number of carbonyl (C=O) groups is 2. The SMILES string of the molecule is O=C1OC(=O)c2cc(-c3ccc([N+](=O)[O-])cc3Cl)ccc21. The maximum absolute atomic E-state index is 11.5. The van der Waals surface area contributed by atoms with Crippen LogP contribution in [0.25, 0.3) is 11.1 Å². The van der Waals surface area contributed by atoms with Crippen LogP contribution in [0.2, 0.25) is 5.02 Å². The lowest BCUT2D eigenvalue weighted by Crippen LogP contribution is -1.96. The van der Waals surface area contributed by atoms with Crippen LogP contribution in [-0.4, -0.2) is 16.9 Å². The number of hydrogen-bond acceptors (Lipinski definition) is 5. The Morgan fingerprint density at radius 1 is 0.952 bits per heavy atom. The van der Waals surface area contributed by atoms with E-state index in [0.717, 1.165) is 0 Å². The molecule has 2 aromatic rings. The van der Waals surface area contributed by atoms with Gasteiger partial charge >= 0.3 is 11.9 Å². The summed E-state index contributed by atoms with van der Waals surface area (Å²) in [4.78, 5) is 33.0. The number of nitrogens with zero attached hydrogens (tertiary/aromatic N) is 1. The molecule has 0 atom stereocenters. The molecule has 1 aliphatic heterocycles. The largest absolute Gasteiger partial charge is 0.386 e. The second kappa shape index (κ2) is 4.68. The number of benzene rings is 2. The van der Waals surface area contributed by atoms with Gasteiger partial charge in [0, 0.05) is 17.7 Å². The highest BCUT2D eigenvalue weighted by Crippen LogP contribution is 2.33. The smallest absolute Gasteiger partial charge is 0.346 e. The summed E-state index contributed by atoms with van der Waals surface area (Å²) in [7, 11) is 0. The maximum Gasteiger partial charge on any atom is 0.346 e. The predicted octanol–water partition coefficient (Wildman–Crippen LogP) is 3.23. The molecule has 0 amide bonds. The molecule has 0 aromatic heterocycles. The number of ether oxygens (including phenoxy) is 1. The Morgan fingerprint density at radius 3 is 2.29 bits per heavy atom. The van der Waals surface area contributed by atoms with Crippen LogP contribution in [0, 0.1) is 10.1 Å². The highest BCUT2D eigenvalue weighted by molar-refractivity contribution is 6.33. The van der Waals surface area contributed by atoms with Crippen molar-refractivity contribution in [3.63, 3.8) is 0 Å². The number of carbonyl (C=O) groups excluding carboxylic acids is 2. The zero-order valence-corrected chi connectivity index (χ0v) is 11.1. The molecular formula is C14H6ClNO5. The van der Waals surface area contributed by atoms with E-state index >= 15 is 0 Å². The van der Waals surface area contributed by atoms with Crippen LogP contribution < -0.4 is 0 Å². The van der Waals surface area contributed by atoms with Gasteiger partial charge in [-0.05, 0) is 23.8 Å². The van der Waals surface area contributed by atoms with Crippen LogP contribution in [0.5, 0.6) is 0 Å². The van der Waals surface area contributed by atoms with Crippen molar-refractivity contribution >= 4 is 29.2 Å². The van der Waals surface area contributed by atoms with Gasteiger partial charge in [-0.15, -0.1) is 0 Å². The van der Waals surface area contributed by atoms with Gasteiger partial charge in [0.1, 0.15) is 0 Å². The van der Waals surface area contributed by atoms with Gasteiger partial charge in [-0.1, -0.05) is 17.7 Å². The van der Waals surface area contributed by atoms with E-state index in [1.807, 2.05) is 0 Å². The Balaban J connectivity index is 2.10. The summed E-state index contributed by atoms with van der Waals surface area (Å²) in [6.07, 6.45) is 0. The first-order valence-corrected chi connectivity index (χ1v) is 6.20. The Morgan fingerprint density at radius 2 is 1.62 bits per heavy atom. The van der Waals surface area contributed by atoms with Gasteiger partial charge in [-0.3, -0.25) is 10.1 Å². The molecule has 0 unspecified atom stereocenters.